The van der Waals surface area contributed by atoms with E-state index in [1.165, 1.54) is 16.7 Å². The number of amides is 3. The number of benzene rings is 1. The van der Waals surface area contributed by atoms with Crippen LogP contribution < -0.4 is 9.64 Å². The third-order valence-electron chi connectivity index (χ3n) is 3.62. The van der Waals surface area contributed by atoms with Crippen molar-refractivity contribution in [2.24, 2.45) is 0 Å². The molecule has 0 radical (unpaired) electrons. The molecule has 1 aromatic heterocycles. The number of nitrogens with zero attached hydrogens (tertiary/aromatic N) is 4. The van der Waals surface area contributed by atoms with E-state index in [4.69, 9.17) is 4.74 Å². The van der Waals surface area contributed by atoms with E-state index in [9.17, 15) is 9.59 Å². The number of hydrogen-bond acceptors (Lipinski definition) is 5. The molecule has 0 saturated heterocycles. The van der Waals surface area contributed by atoms with Crippen molar-refractivity contribution in [3.05, 3.63) is 42.7 Å². The molecule has 3 amide bonds. The van der Waals surface area contributed by atoms with Crippen molar-refractivity contribution in [1.29, 1.82) is 0 Å². The molecule has 1 aromatic carbocycles. The third-order valence-corrected chi connectivity index (χ3v) is 3.62. The van der Waals surface area contributed by atoms with Gasteiger partial charge in [0.1, 0.15) is 5.75 Å². The van der Waals surface area contributed by atoms with Crippen molar-refractivity contribution in [2.45, 2.75) is 26.7 Å². The molecule has 0 N–H and O–H groups in total. The molecule has 0 saturated carbocycles. The Balaban J connectivity index is 2.42. The maximum atomic E-state index is 13.1. The van der Waals surface area contributed by atoms with Crippen LogP contribution in [0.5, 0.6) is 5.75 Å². The second kappa shape index (κ2) is 8.77. The minimum Gasteiger partial charge on any atom is -0.497 e. The number of anilines is 2. The summed E-state index contributed by atoms with van der Waals surface area (Å²) in [5, 5.41) is 0. The van der Waals surface area contributed by atoms with Gasteiger partial charge in [0, 0.05) is 25.9 Å². The zero-order chi connectivity index (χ0) is 18.2. The number of imide groups is 1. The van der Waals surface area contributed by atoms with Crippen LogP contribution in [0.15, 0.2) is 42.7 Å². The average molecular weight is 342 g/mol. The molecule has 132 valence electrons. The van der Waals surface area contributed by atoms with Gasteiger partial charge in [0.05, 0.1) is 12.8 Å². The van der Waals surface area contributed by atoms with Crippen LogP contribution in [0.1, 0.15) is 26.7 Å². The smallest absolute Gasteiger partial charge is 0.338 e. The Kier molecular flexibility index (Phi) is 6.45. The number of unbranched alkanes of at least 4 members (excludes halogenated alkanes) is 1. The molecule has 25 heavy (non-hydrogen) atoms. The molecule has 2 rings (SSSR count). The second-order valence-corrected chi connectivity index (χ2v) is 5.39. The molecule has 0 bridgehead atoms. The van der Waals surface area contributed by atoms with Gasteiger partial charge in [-0.05, 0) is 36.8 Å². The quantitative estimate of drug-likeness (QED) is 0.804. The van der Waals surface area contributed by atoms with E-state index in [-0.39, 0.29) is 11.9 Å². The fourth-order valence-corrected chi connectivity index (χ4v) is 2.27. The van der Waals surface area contributed by atoms with Gasteiger partial charge in [0.15, 0.2) is 0 Å². The second-order valence-electron chi connectivity index (χ2n) is 5.39. The van der Waals surface area contributed by atoms with E-state index in [0.29, 0.717) is 18.0 Å². The van der Waals surface area contributed by atoms with Crippen molar-refractivity contribution >= 4 is 23.6 Å². The van der Waals surface area contributed by atoms with E-state index in [1.807, 2.05) is 6.92 Å². The maximum absolute atomic E-state index is 13.1. The predicted octanol–water partition coefficient (Wildman–Crippen LogP) is 3.39. The first kappa shape index (κ1) is 18.4. The summed E-state index contributed by atoms with van der Waals surface area (Å²) in [5.41, 5.74) is 0.555. The minimum atomic E-state index is -0.475. The fraction of sp³-hybridized carbons (Fsp3) is 0.333. The molecule has 7 heteroatoms. The Labute approximate surface area is 147 Å². The van der Waals surface area contributed by atoms with Crippen LogP contribution in [-0.2, 0) is 4.79 Å². The largest absolute Gasteiger partial charge is 0.497 e. The summed E-state index contributed by atoms with van der Waals surface area (Å²) in [6.07, 6.45) is 4.71. The highest BCUT2D eigenvalue weighted by molar-refractivity contribution is 6.05. The number of hydrogen-bond donors (Lipinski definition) is 0. The van der Waals surface area contributed by atoms with Crippen LogP contribution in [0.4, 0.5) is 16.4 Å². The van der Waals surface area contributed by atoms with Gasteiger partial charge in [-0.15, -0.1) is 0 Å². The number of carbonyl (C=O) groups excluding carboxylic acids is 2. The lowest BCUT2D eigenvalue weighted by molar-refractivity contribution is -0.125. The lowest BCUT2D eigenvalue weighted by Gasteiger charge is -2.27. The lowest BCUT2D eigenvalue weighted by atomic mass is 10.2. The monoisotopic (exact) mass is 342 g/mol. The first-order chi connectivity index (χ1) is 12.1. The molecule has 2 aromatic rings. The summed E-state index contributed by atoms with van der Waals surface area (Å²) in [6.45, 7) is 3.74. The Morgan fingerprint density at radius 3 is 2.28 bits per heavy atom. The standard InChI is InChI=1S/C18H22N4O3/c1-4-5-13-21(14(2)23)18(24)22(17-19-11-6-12-20-17)15-7-9-16(25-3)10-8-15/h6-12H,4-5,13H2,1-3H3. The van der Waals surface area contributed by atoms with Crippen LogP contribution >= 0.6 is 0 Å². The van der Waals surface area contributed by atoms with Crippen molar-refractivity contribution < 1.29 is 14.3 Å². The number of methoxy groups -OCH3 is 1. The number of rotatable bonds is 6. The SMILES string of the molecule is CCCCN(C(C)=O)C(=O)N(c1ccc(OC)cc1)c1ncccn1. The van der Waals surface area contributed by atoms with Crippen molar-refractivity contribution in [2.75, 3.05) is 18.6 Å². The number of aromatic nitrogens is 2. The molecular formula is C18H22N4O3. The highest BCUT2D eigenvalue weighted by Crippen LogP contribution is 2.26. The zero-order valence-electron chi connectivity index (χ0n) is 14.7. The Hall–Kier alpha value is -2.96. The topological polar surface area (TPSA) is 75.6 Å². The molecule has 0 fully saturated rings. The van der Waals surface area contributed by atoms with Gasteiger partial charge in [-0.25, -0.2) is 19.7 Å². The molecule has 1 heterocycles. The van der Waals surface area contributed by atoms with Crippen LogP contribution in [0, 0.1) is 0 Å². The van der Waals surface area contributed by atoms with Crippen molar-refractivity contribution in [3.8, 4) is 5.75 Å². The van der Waals surface area contributed by atoms with E-state index in [0.717, 1.165) is 12.8 Å². The third kappa shape index (κ3) is 4.53. The first-order valence-electron chi connectivity index (χ1n) is 8.11. The first-order valence-corrected chi connectivity index (χ1v) is 8.11. The van der Waals surface area contributed by atoms with Crippen LogP contribution in [0.3, 0.4) is 0 Å². The van der Waals surface area contributed by atoms with E-state index in [1.54, 1.807) is 49.8 Å². The van der Waals surface area contributed by atoms with Crippen LogP contribution in [0.25, 0.3) is 0 Å². The number of ether oxygens (including phenoxy) is 1. The summed E-state index contributed by atoms with van der Waals surface area (Å²) in [6, 6.07) is 8.12. The molecule has 0 spiro atoms. The molecule has 0 aliphatic heterocycles. The molecule has 7 nitrogen and oxygen atoms in total. The summed E-state index contributed by atoms with van der Waals surface area (Å²) in [4.78, 5) is 35.9. The van der Waals surface area contributed by atoms with Gasteiger partial charge < -0.3 is 4.74 Å². The van der Waals surface area contributed by atoms with Gasteiger partial charge in [-0.3, -0.25) is 9.69 Å². The zero-order valence-corrected chi connectivity index (χ0v) is 14.7. The maximum Gasteiger partial charge on any atom is 0.338 e. The summed E-state index contributed by atoms with van der Waals surface area (Å²) >= 11 is 0. The van der Waals surface area contributed by atoms with E-state index >= 15 is 0 Å². The van der Waals surface area contributed by atoms with Crippen LogP contribution in [-0.4, -0.2) is 40.5 Å². The normalized spacial score (nSPS) is 10.2. The number of urea groups is 1. The minimum absolute atomic E-state index is 0.209. The fourth-order valence-electron chi connectivity index (χ4n) is 2.27. The van der Waals surface area contributed by atoms with Gasteiger partial charge >= 0.3 is 6.03 Å². The average Bonchev–Trinajstić information content (AvgIpc) is 2.63. The molecule has 0 atom stereocenters. The Morgan fingerprint density at radius 2 is 1.76 bits per heavy atom. The van der Waals surface area contributed by atoms with Gasteiger partial charge in [-0.1, -0.05) is 13.3 Å². The summed E-state index contributed by atoms with van der Waals surface area (Å²) in [7, 11) is 1.57. The molecular weight excluding hydrogens is 320 g/mol. The lowest BCUT2D eigenvalue weighted by Crippen LogP contribution is -2.44. The number of carbonyl (C=O) groups is 2. The molecule has 0 aliphatic carbocycles. The predicted molar refractivity (Wildman–Crippen MR) is 94.9 cm³/mol. The highest BCUT2D eigenvalue weighted by Gasteiger charge is 2.28. The van der Waals surface area contributed by atoms with Gasteiger partial charge in [0.2, 0.25) is 11.9 Å². The Bertz CT molecular complexity index is 704. The van der Waals surface area contributed by atoms with Crippen molar-refractivity contribution in [1.82, 2.24) is 14.9 Å². The van der Waals surface area contributed by atoms with E-state index < -0.39 is 6.03 Å². The van der Waals surface area contributed by atoms with Crippen molar-refractivity contribution in [3.63, 3.8) is 0 Å². The van der Waals surface area contributed by atoms with Gasteiger partial charge in [0.25, 0.3) is 0 Å². The molecule has 0 aliphatic rings. The van der Waals surface area contributed by atoms with Crippen LogP contribution in [0.2, 0.25) is 0 Å². The summed E-state index contributed by atoms with van der Waals surface area (Å²) < 4.78 is 5.15. The van der Waals surface area contributed by atoms with Gasteiger partial charge in [-0.2, -0.15) is 0 Å². The summed E-state index contributed by atoms with van der Waals surface area (Å²) in [5.74, 6) is 0.563. The highest BCUT2D eigenvalue weighted by atomic mass is 16.5. The molecule has 0 unspecified atom stereocenters. The Morgan fingerprint density at radius 1 is 1.12 bits per heavy atom. The van der Waals surface area contributed by atoms with E-state index in [2.05, 4.69) is 9.97 Å².